The van der Waals surface area contributed by atoms with Crippen LogP contribution in [0.3, 0.4) is 0 Å². The van der Waals surface area contributed by atoms with Gasteiger partial charge in [0.25, 0.3) is 0 Å². The summed E-state index contributed by atoms with van der Waals surface area (Å²) in [4.78, 5) is 0. The van der Waals surface area contributed by atoms with Crippen LogP contribution in [-0.2, 0) is 0 Å². The SMILES string of the molecule is CC1(C)CCC(Br)=C(CBr)C1. The molecule has 0 atom stereocenters. The van der Waals surface area contributed by atoms with E-state index in [4.69, 9.17) is 0 Å². The van der Waals surface area contributed by atoms with Gasteiger partial charge in [-0.15, -0.1) is 0 Å². The van der Waals surface area contributed by atoms with Crippen LogP contribution >= 0.6 is 31.9 Å². The molecule has 0 radical (unpaired) electrons. The molecular formula is C9H14Br2. The van der Waals surface area contributed by atoms with E-state index in [1.807, 2.05) is 0 Å². The lowest BCUT2D eigenvalue weighted by atomic mass is 9.78. The zero-order chi connectivity index (χ0) is 8.48. The van der Waals surface area contributed by atoms with Crippen molar-refractivity contribution in [1.82, 2.24) is 0 Å². The van der Waals surface area contributed by atoms with E-state index in [-0.39, 0.29) is 0 Å². The average Bonchev–Trinajstić information content (AvgIpc) is 1.94. The Hall–Kier alpha value is 0.700. The monoisotopic (exact) mass is 280 g/mol. The maximum absolute atomic E-state index is 3.62. The lowest BCUT2D eigenvalue weighted by Gasteiger charge is -2.30. The van der Waals surface area contributed by atoms with Gasteiger partial charge in [-0.3, -0.25) is 0 Å². The Morgan fingerprint density at radius 2 is 2.09 bits per heavy atom. The standard InChI is InChI=1S/C9H14Br2/c1-9(2)4-3-8(11)7(5-9)6-10/h3-6H2,1-2H3. The third kappa shape index (κ3) is 2.59. The number of hydrogen-bond donors (Lipinski definition) is 0. The highest BCUT2D eigenvalue weighted by Crippen LogP contribution is 2.40. The van der Waals surface area contributed by atoms with Gasteiger partial charge in [-0.1, -0.05) is 45.7 Å². The summed E-state index contributed by atoms with van der Waals surface area (Å²) in [5.74, 6) is 0. The first kappa shape index (κ1) is 9.79. The van der Waals surface area contributed by atoms with Gasteiger partial charge < -0.3 is 0 Å². The predicted molar refractivity (Wildman–Crippen MR) is 57.4 cm³/mol. The Balaban J connectivity index is 2.73. The van der Waals surface area contributed by atoms with Crippen LogP contribution in [0.25, 0.3) is 0 Å². The van der Waals surface area contributed by atoms with Gasteiger partial charge in [-0.05, 0) is 34.7 Å². The molecule has 0 fully saturated rings. The van der Waals surface area contributed by atoms with E-state index in [2.05, 4.69) is 45.7 Å². The van der Waals surface area contributed by atoms with Crippen LogP contribution in [0.4, 0.5) is 0 Å². The summed E-state index contributed by atoms with van der Waals surface area (Å²) in [6, 6.07) is 0. The number of alkyl halides is 1. The first-order chi connectivity index (χ1) is 5.05. The van der Waals surface area contributed by atoms with Crippen molar-refractivity contribution in [2.45, 2.75) is 33.1 Å². The lowest BCUT2D eigenvalue weighted by Crippen LogP contribution is -2.17. The fraction of sp³-hybridized carbons (Fsp3) is 0.778. The number of hydrogen-bond acceptors (Lipinski definition) is 0. The Morgan fingerprint density at radius 1 is 1.45 bits per heavy atom. The van der Waals surface area contributed by atoms with Crippen molar-refractivity contribution in [1.29, 1.82) is 0 Å². The molecule has 0 aromatic rings. The highest BCUT2D eigenvalue weighted by molar-refractivity contribution is 9.12. The van der Waals surface area contributed by atoms with Crippen molar-refractivity contribution in [2.75, 3.05) is 5.33 Å². The van der Waals surface area contributed by atoms with Crippen LogP contribution in [0.2, 0.25) is 0 Å². The minimum absolute atomic E-state index is 0.514. The zero-order valence-electron chi connectivity index (χ0n) is 7.08. The van der Waals surface area contributed by atoms with Crippen LogP contribution in [0.15, 0.2) is 10.1 Å². The van der Waals surface area contributed by atoms with E-state index in [1.54, 1.807) is 5.57 Å². The normalized spacial score (nSPS) is 24.0. The van der Waals surface area contributed by atoms with Gasteiger partial charge in [-0.25, -0.2) is 0 Å². The van der Waals surface area contributed by atoms with Crippen molar-refractivity contribution in [3.63, 3.8) is 0 Å². The van der Waals surface area contributed by atoms with Gasteiger partial charge in [-0.2, -0.15) is 0 Å². The summed E-state index contributed by atoms with van der Waals surface area (Å²) in [6.07, 6.45) is 3.76. The smallest absolute Gasteiger partial charge is 0.0253 e. The van der Waals surface area contributed by atoms with Crippen LogP contribution in [0, 0.1) is 5.41 Å². The Morgan fingerprint density at radius 3 is 2.55 bits per heavy atom. The van der Waals surface area contributed by atoms with Crippen LogP contribution in [-0.4, -0.2) is 5.33 Å². The van der Waals surface area contributed by atoms with Gasteiger partial charge in [0.05, 0.1) is 0 Å². The molecule has 0 heterocycles. The van der Waals surface area contributed by atoms with Crippen molar-refractivity contribution in [2.24, 2.45) is 5.41 Å². The second-order valence-corrected chi connectivity index (χ2v) is 5.50. The number of rotatable bonds is 1. The highest BCUT2D eigenvalue weighted by Gasteiger charge is 2.25. The lowest BCUT2D eigenvalue weighted by molar-refractivity contribution is 0.320. The van der Waals surface area contributed by atoms with E-state index in [1.165, 1.54) is 23.7 Å². The molecule has 0 N–H and O–H groups in total. The minimum atomic E-state index is 0.514. The molecule has 64 valence electrons. The molecule has 1 aliphatic rings. The van der Waals surface area contributed by atoms with Crippen molar-refractivity contribution < 1.29 is 0 Å². The van der Waals surface area contributed by atoms with Crippen LogP contribution in [0.5, 0.6) is 0 Å². The molecular weight excluding hydrogens is 268 g/mol. The van der Waals surface area contributed by atoms with Crippen LogP contribution in [0.1, 0.15) is 33.1 Å². The van der Waals surface area contributed by atoms with E-state index in [9.17, 15) is 0 Å². The van der Waals surface area contributed by atoms with E-state index < -0.39 is 0 Å². The van der Waals surface area contributed by atoms with E-state index in [0.717, 1.165) is 5.33 Å². The quantitative estimate of drug-likeness (QED) is 0.631. The molecule has 0 spiro atoms. The average molecular weight is 282 g/mol. The summed E-state index contributed by atoms with van der Waals surface area (Å²) in [7, 11) is 0. The summed E-state index contributed by atoms with van der Waals surface area (Å²) in [5, 5.41) is 1.02. The van der Waals surface area contributed by atoms with Crippen molar-refractivity contribution in [3.05, 3.63) is 10.1 Å². The minimum Gasteiger partial charge on any atom is -0.0880 e. The Labute approximate surface area is 85.7 Å². The predicted octanol–water partition coefficient (Wildman–Crippen LogP) is 4.24. The van der Waals surface area contributed by atoms with Gasteiger partial charge in [0.1, 0.15) is 0 Å². The second-order valence-electron chi connectivity index (χ2n) is 3.98. The molecule has 1 rings (SSSR count). The molecule has 0 aliphatic heterocycles. The van der Waals surface area contributed by atoms with E-state index >= 15 is 0 Å². The third-order valence-corrected chi connectivity index (χ3v) is 3.89. The Bertz CT molecular complexity index is 180. The summed E-state index contributed by atoms with van der Waals surface area (Å²) in [6.45, 7) is 4.68. The molecule has 11 heavy (non-hydrogen) atoms. The largest absolute Gasteiger partial charge is 0.0880 e. The molecule has 0 saturated heterocycles. The molecule has 0 nitrogen and oxygen atoms in total. The molecule has 0 aromatic carbocycles. The Kier molecular flexibility index (Phi) is 3.21. The van der Waals surface area contributed by atoms with E-state index in [0.29, 0.717) is 5.41 Å². The summed E-state index contributed by atoms with van der Waals surface area (Å²) < 4.78 is 1.42. The van der Waals surface area contributed by atoms with Gasteiger partial charge >= 0.3 is 0 Å². The molecule has 0 saturated carbocycles. The summed E-state index contributed by atoms with van der Waals surface area (Å²) in [5.41, 5.74) is 2.06. The molecule has 0 bridgehead atoms. The summed E-state index contributed by atoms with van der Waals surface area (Å²) >= 11 is 7.13. The van der Waals surface area contributed by atoms with Crippen LogP contribution < -0.4 is 0 Å². The van der Waals surface area contributed by atoms with Gasteiger partial charge in [0.15, 0.2) is 0 Å². The maximum Gasteiger partial charge on any atom is 0.0253 e. The van der Waals surface area contributed by atoms with Gasteiger partial charge in [0, 0.05) is 5.33 Å². The molecule has 2 heteroatoms. The molecule has 0 aromatic heterocycles. The second kappa shape index (κ2) is 3.61. The fourth-order valence-corrected chi connectivity index (χ4v) is 2.90. The van der Waals surface area contributed by atoms with Crippen molar-refractivity contribution in [3.8, 4) is 0 Å². The fourth-order valence-electron chi connectivity index (χ4n) is 1.51. The zero-order valence-corrected chi connectivity index (χ0v) is 10.3. The van der Waals surface area contributed by atoms with Gasteiger partial charge in [0.2, 0.25) is 0 Å². The third-order valence-electron chi connectivity index (χ3n) is 2.26. The topological polar surface area (TPSA) is 0 Å². The molecule has 0 unspecified atom stereocenters. The number of halogens is 2. The first-order valence-corrected chi connectivity index (χ1v) is 5.89. The highest BCUT2D eigenvalue weighted by atomic mass is 79.9. The maximum atomic E-state index is 3.62. The first-order valence-electron chi connectivity index (χ1n) is 3.97. The molecule has 0 amide bonds. The number of allylic oxidation sites excluding steroid dienone is 2. The molecule has 1 aliphatic carbocycles. The van der Waals surface area contributed by atoms with Crippen molar-refractivity contribution >= 4 is 31.9 Å².